The van der Waals surface area contributed by atoms with Gasteiger partial charge in [0.1, 0.15) is 17.3 Å². The number of carbonyl (C=O) groups is 1. The Labute approximate surface area is 111 Å². The van der Waals surface area contributed by atoms with Crippen LogP contribution in [0.1, 0.15) is 0 Å². The van der Waals surface area contributed by atoms with Gasteiger partial charge in [0.25, 0.3) is 0 Å². The fraction of sp³-hybridized carbons (Fsp3) is 0.455. The molecule has 0 atom stereocenters. The van der Waals surface area contributed by atoms with Gasteiger partial charge in [-0.25, -0.2) is 13.4 Å². The average Bonchev–Trinajstić information content (AvgIpc) is 2.33. The number of hydrogen-bond acceptors (Lipinski definition) is 6. The van der Waals surface area contributed by atoms with Gasteiger partial charge >= 0.3 is 5.97 Å². The maximum atomic E-state index is 11.7. The molecule has 0 aliphatic rings. The van der Waals surface area contributed by atoms with E-state index in [4.69, 9.17) is 9.84 Å². The lowest BCUT2D eigenvalue weighted by atomic mass is 10.4. The van der Waals surface area contributed by atoms with E-state index in [1.165, 1.54) is 30.3 Å². The Kier molecular flexibility index (Phi) is 5.25. The van der Waals surface area contributed by atoms with E-state index in [1.54, 1.807) is 0 Å². The van der Waals surface area contributed by atoms with Crippen LogP contribution in [0, 0.1) is 0 Å². The first kappa shape index (κ1) is 15.4. The molecule has 0 radical (unpaired) electrons. The molecule has 0 saturated carbocycles. The zero-order valence-electron chi connectivity index (χ0n) is 10.7. The summed E-state index contributed by atoms with van der Waals surface area (Å²) in [7, 11) is -2.00. The van der Waals surface area contributed by atoms with Gasteiger partial charge in [-0.05, 0) is 12.1 Å². The van der Waals surface area contributed by atoms with E-state index in [0.29, 0.717) is 0 Å². The van der Waals surface area contributed by atoms with Crippen molar-refractivity contribution in [3.8, 4) is 0 Å². The highest BCUT2D eigenvalue weighted by Gasteiger charge is 2.20. The summed E-state index contributed by atoms with van der Waals surface area (Å²) in [5, 5.41) is 8.88. The highest BCUT2D eigenvalue weighted by Crippen LogP contribution is 2.21. The van der Waals surface area contributed by atoms with E-state index < -0.39 is 15.8 Å². The van der Waals surface area contributed by atoms with E-state index in [1.807, 2.05) is 0 Å². The molecule has 0 unspecified atom stereocenters. The summed E-state index contributed by atoms with van der Waals surface area (Å²) in [4.78, 5) is 16.2. The second-order valence-electron chi connectivity index (χ2n) is 3.91. The average molecular weight is 288 g/mol. The van der Waals surface area contributed by atoms with Gasteiger partial charge in [-0.3, -0.25) is 4.79 Å². The zero-order chi connectivity index (χ0) is 14.5. The maximum Gasteiger partial charge on any atom is 0.323 e. The first-order valence-corrected chi connectivity index (χ1v) is 7.36. The molecular weight excluding hydrogens is 272 g/mol. The molecule has 0 bridgehead atoms. The summed E-state index contributed by atoms with van der Waals surface area (Å²) in [5.74, 6) is -0.939. The van der Waals surface area contributed by atoms with Crippen LogP contribution in [-0.4, -0.2) is 57.5 Å². The first-order chi connectivity index (χ1) is 8.86. The largest absolute Gasteiger partial charge is 0.480 e. The van der Waals surface area contributed by atoms with Crippen molar-refractivity contribution in [1.29, 1.82) is 0 Å². The van der Waals surface area contributed by atoms with Gasteiger partial charge in [0.2, 0.25) is 0 Å². The lowest BCUT2D eigenvalue weighted by molar-refractivity contribution is -0.135. The number of hydrogen-bond donors (Lipinski definition) is 1. The lowest BCUT2D eigenvalue weighted by Gasteiger charge is -2.23. The van der Waals surface area contributed by atoms with E-state index in [2.05, 4.69) is 4.98 Å². The van der Waals surface area contributed by atoms with Crippen molar-refractivity contribution >= 4 is 21.6 Å². The Morgan fingerprint density at radius 2 is 2.21 bits per heavy atom. The van der Waals surface area contributed by atoms with Crippen LogP contribution in [0.25, 0.3) is 0 Å². The smallest absolute Gasteiger partial charge is 0.323 e. The van der Waals surface area contributed by atoms with E-state index in [-0.39, 0.29) is 30.4 Å². The number of methoxy groups -OCH3 is 1. The third-order valence-corrected chi connectivity index (χ3v) is 3.46. The van der Waals surface area contributed by atoms with Crippen LogP contribution in [0.15, 0.2) is 23.2 Å². The number of carboxylic acid groups (broad SMARTS) is 1. The Morgan fingerprint density at radius 1 is 1.53 bits per heavy atom. The summed E-state index contributed by atoms with van der Waals surface area (Å²) in [6.45, 7) is 0.165. The number of aliphatic carboxylic acids is 1. The molecule has 106 valence electrons. The highest BCUT2D eigenvalue weighted by atomic mass is 32.2. The van der Waals surface area contributed by atoms with Crippen molar-refractivity contribution < 1.29 is 23.1 Å². The SMILES string of the molecule is COCCN(CC(=O)O)c1ncccc1S(C)(=O)=O. The topological polar surface area (TPSA) is 96.8 Å². The minimum absolute atomic E-state index is 0.00681. The van der Waals surface area contributed by atoms with Gasteiger partial charge in [-0.15, -0.1) is 0 Å². The number of carboxylic acids is 1. The number of ether oxygens (including phenoxy) is 1. The second kappa shape index (κ2) is 6.48. The molecular formula is C11H16N2O5S. The first-order valence-electron chi connectivity index (χ1n) is 5.47. The van der Waals surface area contributed by atoms with Gasteiger partial charge in [0, 0.05) is 26.1 Å². The second-order valence-corrected chi connectivity index (χ2v) is 5.89. The number of nitrogens with zero attached hydrogens (tertiary/aromatic N) is 2. The molecule has 1 aromatic heterocycles. The van der Waals surface area contributed by atoms with Gasteiger partial charge in [0.05, 0.1) is 6.61 Å². The zero-order valence-corrected chi connectivity index (χ0v) is 11.6. The van der Waals surface area contributed by atoms with Crippen molar-refractivity contribution in [1.82, 2.24) is 4.98 Å². The predicted octanol–water partition coefficient (Wildman–Crippen LogP) is 0.0225. The van der Waals surface area contributed by atoms with Crippen LogP contribution in [-0.2, 0) is 19.4 Å². The molecule has 1 N–H and O–H groups in total. The molecule has 0 fully saturated rings. The number of rotatable bonds is 7. The maximum absolute atomic E-state index is 11.7. The molecule has 0 saturated heterocycles. The van der Waals surface area contributed by atoms with Crippen molar-refractivity contribution in [2.75, 3.05) is 38.0 Å². The van der Waals surface area contributed by atoms with E-state index in [0.717, 1.165) is 6.26 Å². The molecule has 0 aliphatic carbocycles. The summed E-state index contributed by atoms with van der Waals surface area (Å²) in [6, 6.07) is 2.90. The van der Waals surface area contributed by atoms with Crippen molar-refractivity contribution in [2.24, 2.45) is 0 Å². The molecule has 1 rings (SSSR count). The van der Waals surface area contributed by atoms with Crippen molar-refractivity contribution in [2.45, 2.75) is 4.90 Å². The minimum Gasteiger partial charge on any atom is -0.480 e. The fourth-order valence-corrected chi connectivity index (χ4v) is 2.37. The fourth-order valence-electron chi connectivity index (χ4n) is 1.53. The van der Waals surface area contributed by atoms with Crippen LogP contribution in [0.2, 0.25) is 0 Å². The van der Waals surface area contributed by atoms with Crippen LogP contribution < -0.4 is 4.90 Å². The van der Waals surface area contributed by atoms with Crippen molar-refractivity contribution in [3.63, 3.8) is 0 Å². The third kappa shape index (κ3) is 4.49. The standard InChI is InChI=1S/C11H16N2O5S/c1-18-7-6-13(8-10(14)15)11-9(19(2,16)17)4-3-5-12-11/h3-5H,6-8H2,1-2H3,(H,14,15). The van der Waals surface area contributed by atoms with E-state index in [9.17, 15) is 13.2 Å². The molecule has 0 amide bonds. The van der Waals surface area contributed by atoms with Gasteiger partial charge < -0.3 is 14.7 Å². The number of anilines is 1. The van der Waals surface area contributed by atoms with Crippen LogP contribution in [0.4, 0.5) is 5.82 Å². The minimum atomic E-state index is -3.48. The Balaban J connectivity index is 3.18. The molecule has 19 heavy (non-hydrogen) atoms. The van der Waals surface area contributed by atoms with Gasteiger partial charge in [0.15, 0.2) is 9.84 Å². The summed E-state index contributed by atoms with van der Waals surface area (Å²) >= 11 is 0. The van der Waals surface area contributed by atoms with Crippen LogP contribution in [0.5, 0.6) is 0 Å². The third-order valence-electron chi connectivity index (χ3n) is 2.34. The Morgan fingerprint density at radius 3 is 2.74 bits per heavy atom. The molecule has 1 aromatic rings. The lowest BCUT2D eigenvalue weighted by Crippen LogP contribution is -2.34. The molecule has 8 heteroatoms. The number of sulfone groups is 1. The summed E-state index contributed by atoms with van der Waals surface area (Å²) < 4.78 is 28.2. The monoisotopic (exact) mass is 288 g/mol. The molecule has 7 nitrogen and oxygen atoms in total. The van der Waals surface area contributed by atoms with Crippen LogP contribution >= 0.6 is 0 Å². The van der Waals surface area contributed by atoms with Gasteiger partial charge in [-0.1, -0.05) is 0 Å². The predicted molar refractivity (Wildman–Crippen MR) is 69.1 cm³/mol. The molecule has 0 aliphatic heterocycles. The van der Waals surface area contributed by atoms with Gasteiger partial charge in [-0.2, -0.15) is 0 Å². The quantitative estimate of drug-likeness (QED) is 0.755. The van der Waals surface area contributed by atoms with Crippen LogP contribution in [0.3, 0.4) is 0 Å². The Hall–Kier alpha value is -1.67. The number of aromatic nitrogens is 1. The summed E-state index contributed by atoms with van der Waals surface area (Å²) in [5.41, 5.74) is 0. The molecule has 0 aromatic carbocycles. The van der Waals surface area contributed by atoms with Crippen molar-refractivity contribution in [3.05, 3.63) is 18.3 Å². The number of pyridine rings is 1. The normalized spacial score (nSPS) is 11.3. The highest BCUT2D eigenvalue weighted by molar-refractivity contribution is 7.90. The Bertz CT molecular complexity index is 544. The summed E-state index contributed by atoms with van der Waals surface area (Å²) in [6.07, 6.45) is 2.48. The molecule has 1 heterocycles. The molecule has 0 spiro atoms. The van der Waals surface area contributed by atoms with E-state index >= 15 is 0 Å².